The highest BCUT2D eigenvalue weighted by Gasteiger charge is 2.05. The predicted molar refractivity (Wildman–Crippen MR) is 103 cm³/mol. The van der Waals surface area contributed by atoms with E-state index in [-0.39, 0.29) is 36.1 Å². The van der Waals surface area contributed by atoms with Crippen LogP contribution in [0.25, 0.3) is 0 Å². The van der Waals surface area contributed by atoms with E-state index in [1.165, 1.54) is 6.07 Å². The standard InChI is InChI=1S/C17H20F2N4.HI/c1-12-3-4-13(10-22-12)7-8-21-17(20-2)23-11-14-9-15(18)5-6-16(14)19;/h3-6,9-10H,7-8,11H2,1-2H3,(H2,20,21,23);1H. The van der Waals surface area contributed by atoms with Crippen LogP contribution in [0, 0.1) is 18.6 Å². The molecule has 0 saturated heterocycles. The van der Waals surface area contributed by atoms with Crippen molar-refractivity contribution in [1.29, 1.82) is 0 Å². The number of rotatable bonds is 5. The number of benzene rings is 1. The van der Waals surface area contributed by atoms with Gasteiger partial charge in [0, 0.05) is 37.6 Å². The van der Waals surface area contributed by atoms with E-state index >= 15 is 0 Å². The van der Waals surface area contributed by atoms with Crippen LogP contribution >= 0.6 is 24.0 Å². The van der Waals surface area contributed by atoms with E-state index in [2.05, 4.69) is 20.6 Å². The van der Waals surface area contributed by atoms with Crippen LogP contribution < -0.4 is 10.6 Å². The van der Waals surface area contributed by atoms with Crippen molar-refractivity contribution in [1.82, 2.24) is 15.6 Å². The second-order valence-electron chi connectivity index (χ2n) is 5.15. The molecule has 0 radical (unpaired) electrons. The molecule has 7 heteroatoms. The van der Waals surface area contributed by atoms with E-state index in [1.54, 1.807) is 7.05 Å². The van der Waals surface area contributed by atoms with Crippen LogP contribution in [-0.2, 0) is 13.0 Å². The zero-order valence-electron chi connectivity index (χ0n) is 13.6. The number of nitrogens with zero attached hydrogens (tertiary/aromatic N) is 2. The third-order valence-corrected chi connectivity index (χ3v) is 3.36. The SMILES string of the molecule is CN=C(NCCc1ccc(C)nc1)NCc1cc(F)ccc1F.I. The van der Waals surface area contributed by atoms with Crippen LogP contribution in [0.3, 0.4) is 0 Å². The van der Waals surface area contributed by atoms with Gasteiger partial charge in [0.1, 0.15) is 11.6 Å². The summed E-state index contributed by atoms with van der Waals surface area (Å²) in [4.78, 5) is 8.30. The largest absolute Gasteiger partial charge is 0.356 e. The van der Waals surface area contributed by atoms with E-state index < -0.39 is 11.6 Å². The van der Waals surface area contributed by atoms with Gasteiger partial charge in [-0.1, -0.05) is 6.07 Å². The number of aliphatic imine (C=N–C) groups is 1. The fourth-order valence-electron chi connectivity index (χ4n) is 2.05. The lowest BCUT2D eigenvalue weighted by Crippen LogP contribution is -2.38. The highest BCUT2D eigenvalue weighted by Crippen LogP contribution is 2.09. The Bertz CT molecular complexity index is 675. The van der Waals surface area contributed by atoms with Crippen LogP contribution in [0.1, 0.15) is 16.8 Å². The highest BCUT2D eigenvalue weighted by atomic mass is 127. The van der Waals surface area contributed by atoms with Gasteiger partial charge in [0.2, 0.25) is 0 Å². The first-order chi connectivity index (χ1) is 11.1. The molecule has 2 aromatic rings. The van der Waals surface area contributed by atoms with Crippen molar-refractivity contribution in [2.75, 3.05) is 13.6 Å². The zero-order valence-corrected chi connectivity index (χ0v) is 16.0. The van der Waals surface area contributed by atoms with E-state index in [9.17, 15) is 8.78 Å². The maximum atomic E-state index is 13.6. The number of nitrogens with one attached hydrogen (secondary N) is 2. The monoisotopic (exact) mass is 446 g/mol. The Hall–Kier alpha value is -1.77. The molecule has 0 aliphatic heterocycles. The van der Waals surface area contributed by atoms with Crippen LogP contribution in [0.4, 0.5) is 8.78 Å². The topological polar surface area (TPSA) is 49.3 Å². The number of pyridine rings is 1. The lowest BCUT2D eigenvalue weighted by Gasteiger charge is -2.12. The number of hydrogen-bond acceptors (Lipinski definition) is 2. The number of aromatic nitrogens is 1. The molecular weight excluding hydrogens is 425 g/mol. The molecule has 0 spiro atoms. The Morgan fingerprint density at radius 1 is 1.17 bits per heavy atom. The molecule has 4 nitrogen and oxygen atoms in total. The predicted octanol–water partition coefficient (Wildman–Crippen LogP) is 3.19. The summed E-state index contributed by atoms with van der Waals surface area (Å²) in [7, 11) is 1.63. The number of aryl methyl sites for hydroxylation is 1. The molecule has 0 aliphatic rings. The van der Waals surface area contributed by atoms with Crippen LogP contribution in [-0.4, -0.2) is 24.5 Å². The van der Waals surface area contributed by atoms with Crippen molar-refractivity contribution in [3.8, 4) is 0 Å². The van der Waals surface area contributed by atoms with Gasteiger partial charge in [0.25, 0.3) is 0 Å². The summed E-state index contributed by atoms with van der Waals surface area (Å²) in [5, 5.41) is 6.10. The van der Waals surface area contributed by atoms with E-state index in [0.29, 0.717) is 12.5 Å². The molecule has 1 aromatic heterocycles. The molecule has 1 aromatic carbocycles. The Balaban J connectivity index is 0.00000288. The van der Waals surface area contributed by atoms with Crippen LogP contribution in [0.5, 0.6) is 0 Å². The molecule has 0 amide bonds. The summed E-state index contributed by atoms with van der Waals surface area (Å²) in [5.74, 6) is -0.369. The number of halogens is 3. The van der Waals surface area contributed by atoms with Gasteiger partial charge < -0.3 is 10.6 Å². The first-order valence-corrected chi connectivity index (χ1v) is 7.38. The molecule has 24 heavy (non-hydrogen) atoms. The van der Waals surface area contributed by atoms with Gasteiger partial charge in [0.05, 0.1) is 0 Å². The zero-order chi connectivity index (χ0) is 16.7. The molecule has 1 heterocycles. The smallest absolute Gasteiger partial charge is 0.191 e. The quantitative estimate of drug-likeness (QED) is 0.422. The van der Waals surface area contributed by atoms with Crippen molar-refractivity contribution in [3.05, 3.63) is 65.0 Å². The van der Waals surface area contributed by atoms with Gasteiger partial charge >= 0.3 is 0 Å². The van der Waals surface area contributed by atoms with Gasteiger partial charge in [-0.25, -0.2) is 8.78 Å². The second kappa shape index (κ2) is 10.2. The molecule has 2 rings (SSSR count). The fourth-order valence-corrected chi connectivity index (χ4v) is 2.05. The first kappa shape index (κ1) is 20.3. The molecule has 0 atom stereocenters. The second-order valence-corrected chi connectivity index (χ2v) is 5.15. The van der Waals surface area contributed by atoms with E-state index in [0.717, 1.165) is 29.8 Å². The van der Waals surface area contributed by atoms with Crippen LogP contribution in [0.15, 0.2) is 41.5 Å². The van der Waals surface area contributed by atoms with Crippen molar-refractivity contribution >= 4 is 29.9 Å². The summed E-state index contributed by atoms with van der Waals surface area (Å²) in [6, 6.07) is 7.39. The minimum absolute atomic E-state index is 0. The average Bonchev–Trinajstić information content (AvgIpc) is 2.55. The Kier molecular flexibility index (Phi) is 8.59. The van der Waals surface area contributed by atoms with Gasteiger partial charge in [-0.15, -0.1) is 24.0 Å². The molecule has 0 saturated carbocycles. The molecule has 0 aliphatic carbocycles. The maximum Gasteiger partial charge on any atom is 0.191 e. The minimum Gasteiger partial charge on any atom is -0.356 e. The Labute approximate surface area is 157 Å². The van der Waals surface area contributed by atoms with Crippen molar-refractivity contribution in [2.45, 2.75) is 19.9 Å². The summed E-state index contributed by atoms with van der Waals surface area (Å²) < 4.78 is 26.7. The molecular formula is C17H21F2IN4. The normalized spacial score (nSPS) is 10.9. The van der Waals surface area contributed by atoms with E-state index in [4.69, 9.17) is 0 Å². The van der Waals surface area contributed by atoms with Gasteiger partial charge in [0.15, 0.2) is 5.96 Å². The van der Waals surface area contributed by atoms with Gasteiger partial charge in [-0.2, -0.15) is 0 Å². The molecule has 130 valence electrons. The third kappa shape index (κ3) is 6.38. The molecule has 0 fully saturated rings. The summed E-state index contributed by atoms with van der Waals surface area (Å²) in [6.45, 7) is 2.77. The van der Waals surface area contributed by atoms with Crippen LogP contribution in [0.2, 0.25) is 0 Å². The highest BCUT2D eigenvalue weighted by molar-refractivity contribution is 14.0. The van der Waals surface area contributed by atoms with Crippen molar-refractivity contribution < 1.29 is 8.78 Å². The minimum atomic E-state index is -0.460. The summed E-state index contributed by atoms with van der Waals surface area (Å²) >= 11 is 0. The molecule has 2 N–H and O–H groups in total. The van der Waals surface area contributed by atoms with Crippen molar-refractivity contribution in [3.63, 3.8) is 0 Å². The fraction of sp³-hybridized carbons (Fsp3) is 0.294. The summed E-state index contributed by atoms with van der Waals surface area (Å²) in [6.07, 6.45) is 2.64. The van der Waals surface area contributed by atoms with Gasteiger partial charge in [-0.05, 0) is 43.2 Å². The average molecular weight is 446 g/mol. The molecule has 0 bridgehead atoms. The van der Waals surface area contributed by atoms with Crippen molar-refractivity contribution in [2.24, 2.45) is 4.99 Å². The number of guanidine groups is 1. The Morgan fingerprint density at radius 2 is 1.96 bits per heavy atom. The van der Waals surface area contributed by atoms with Gasteiger partial charge in [-0.3, -0.25) is 9.98 Å². The number of hydrogen-bond donors (Lipinski definition) is 2. The third-order valence-electron chi connectivity index (χ3n) is 3.36. The first-order valence-electron chi connectivity index (χ1n) is 7.38. The lowest BCUT2D eigenvalue weighted by atomic mass is 10.2. The summed E-state index contributed by atoms with van der Waals surface area (Å²) in [5.41, 5.74) is 2.36. The molecule has 0 unspecified atom stereocenters. The maximum absolute atomic E-state index is 13.6. The van der Waals surface area contributed by atoms with E-state index in [1.807, 2.05) is 25.3 Å². The Morgan fingerprint density at radius 3 is 2.62 bits per heavy atom. The lowest BCUT2D eigenvalue weighted by molar-refractivity contribution is 0.581.